The van der Waals surface area contributed by atoms with Crippen molar-refractivity contribution >= 4 is 36.7 Å². The molecule has 0 spiro atoms. The van der Waals surface area contributed by atoms with Crippen LogP contribution < -0.4 is 4.72 Å². The fraction of sp³-hybridized carbons (Fsp3) is 0.133. The maximum atomic E-state index is 12.5. The van der Waals surface area contributed by atoms with Gasteiger partial charge in [-0.2, -0.15) is 0 Å². The summed E-state index contributed by atoms with van der Waals surface area (Å²) >= 11 is 1.33. The number of anilines is 1. The summed E-state index contributed by atoms with van der Waals surface area (Å²) in [4.78, 5) is 4.58. The van der Waals surface area contributed by atoms with E-state index in [0.717, 1.165) is 21.3 Å². The van der Waals surface area contributed by atoms with Crippen molar-refractivity contribution in [3.8, 4) is 0 Å². The number of nitrogens with zero attached hydrogens (tertiary/aromatic N) is 1. The molecule has 0 fully saturated rings. The third-order valence-corrected chi connectivity index (χ3v) is 5.72. The molecule has 0 saturated carbocycles. The van der Waals surface area contributed by atoms with Crippen LogP contribution in [-0.4, -0.2) is 13.4 Å². The van der Waals surface area contributed by atoms with Gasteiger partial charge in [0.25, 0.3) is 10.0 Å². The van der Waals surface area contributed by atoms with Crippen LogP contribution >= 0.6 is 11.3 Å². The van der Waals surface area contributed by atoms with Crippen molar-refractivity contribution in [2.24, 2.45) is 0 Å². The first kappa shape index (κ1) is 14.0. The predicted molar refractivity (Wildman–Crippen MR) is 86.3 cm³/mol. The number of thiazole rings is 1. The van der Waals surface area contributed by atoms with Gasteiger partial charge in [-0.05, 0) is 37.6 Å². The fourth-order valence-corrected chi connectivity index (χ4v) is 4.52. The first-order chi connectivity index (χ1) is 9.95. The minimum Gasteiger partial charge on any atom is -0.255 e. The van der Waals surface area contributed by atoms with Crippen LogP contribution in [0, 0.1) is 13.8 Å². The molecular formula is C15H14N2O2S2. The molecule has 0 bridgehead atoms. The molecule has 0 radical (unpaired) electrons. The SMILES string of the molecule is Cc1ccc(S(=O)(=O)Nc2nc3ccccc3s2)c(C)c1. The highest BCUT2D eigenvalue weighted by Gasteiger charge is 2.18. The summed E-state index contributed by atoms with van der Waals surface area (Å²) in [6.07, 6.45) is 0. The largest absolute Gasteiger partial charge is 0.263 e. The molecule has 0 aliphatic carbocycles. The van der Waals surface area contributed by atoms with Crippen LogP contribution in [0.15, 0.2) is 47.4 Å². The highest BCUT2D eigenvalue weighted by atomic mass is 32.2. The summed E-state index contributed by atoms with van der Waals surface area (Å²) in [6, 6.07) is 12.8. The molecule has 0 atom stereocenters. The predicted octanol–water partition coefficient (Wildman–Crippen LogP) is 3.71. The van der Waals surface area contributed by atoms with E-state index in [1.807, 2.05) is 37.3 Å². The van der Waals surface area contributed by atoms with Crippen molar-refractivity contribution in [1.29, 1.82) is 0 Å². The standard InChI is InChI=1S/C15H14N2O2S2/c1-10-7-8-14(11(2)9-10)21(18,19)17-15-16-12-5-3-4-6-13(12)20-15/h3-9H,1-2H3,(H,16,17). The van der Waals surface area contributed by atoms with E-state index >= 15 is 0 Å². The number of sulfonamides is 1. The Kier molecular flexibility index (Phi) is 3.43. The number of fused-ring (bicyclic) bond motifs is 1. The molecule has 2 aromatic carbocycles. The number of hydrogen-bond acceptors (Lipinski definition) is 4. The third-order valence-electron chi connectivity index (χ3n) is 3.14. The van der Waals surface area contributed by atoms with E-state index in [4.69, 9.17) is 0 Å². The lowest BCUT2D eigenvalue weighted by Crippen LogP contribution is -2.14. The van der Waals surface area contributed by atoms with Gasteiger partial charge >= 0.3 is 0 Å². The van der Waals surface area contributed by atoms with Crippen LogP contribution in [0.4, 0.5) is 5.13 Å². The highest BCUT2D eigenvalue weighted by Crippen LogP contribution is 2.28. The molecule has 0 aliphatic heterocycles. The Morgan fingerprint density at radius 3 is 2.57 bits per heavy atom. The fourth-order valence-electron chi connectivity index (χ4n) is 2.19. The molecule has 0 amide bonds. The number of nitrogens with one attached hydrogen (secondary N) is 1. The number of benzene rings is 2. The lowest BCUT2D eigenvalue weighted by atomic mass is 10.2. The molecule has 6 heteroatoms. The first-order valence-corrected chi connectivity index (χ1v) is 8.71. The molecule has 1 N–H and O–H groups in total. The van der Waals surface area contributed by atoms with Crippen LogP contribution in [0.5, 0.6) is 0 Å². The summed E-state index contributed by atoms with van der Waals surface area (Å²) in [6.45, 7) is 3.73. The monoisotopic (exact) mass is 318 g/mol. The summed E-state index contributed by atoms with van der Waals surface area (Å²) < 4.78 is 28.5. The average Bonchev–Trinajstić information content (AvgIpc) is 2.79. The van der Waals surface area contributed by atoms with Gasteiger partial charge in [0.15, 0.2) is 5.13 Å². The van der Waals surface area contributed by atoms with Gasteiger partial charge in [0.2, 0.25) is 0 Å². The molecule has 3 aromatic rings. The zero-order valence-electron chi connectivity index (χ0n) is 11.6. The number of rotatable bonds is 3. The molecule has 1 aromatic heterocycles. The van der Waals surface area contributed by atoms with E-state index in [1.54, 1.807) is 19.1 Å². The van der Waals surface area contributed by atoms with E-state index in [0.29, 0.717) is 5.13 Å². The zero-order valence-corrected chi connectivity index (χ0v) is 13.3. The molecule has 3 rings (SSSR count). The first-order valence-electron chi connectivity index (χ1n) is 6.41. The third kappa shape index (κ3) is 2.77. The summed E-state index contributed by atoms with van der Waals surface area (Å²) in [5, 5.41) is 0.385. The molecule has 0 aliphatic rings. The van der Waals surface area contributed by atoms with Gasteiger partial charge in [-0.15, -0.1) is 0 Å². The van der Waals surface area contributed by atoms with Crippen LogP contribution in [0.2, 0.25) is 0 Å². The quantitative estimate of drug-likeness (QED) is 0.801. The van der Waals surface area contributed by atoms with E-state index in [9.17, 15) is 8.42 Å². The van der Waals surface area contributed by atoms with Crippen LogP contribution in [0.3, 0.4) is 0 Å². The minimum atomic E-state index is -3.61. The topological polar surface area (TPSA) is 59.1 Å². The van der Waals surface area contributed by atoms with Crippen molar-refractivity contribution in [2.45, 2.75) is 18.7 Å². The molecule has 0 saturated heterocycles. The Hall–Kier alpha value is -1.92. The van der Waals surface area contributed by atoms with Gasteiger partial charge in [-0.25, -0.2) is 13.4 Å². The van der Waals surface area contributed by atoms with Gasteiger partial charge in [0, 0.05) is 0 Å². The van der Waals surface area contributed by atoms with Gasteiger partial charge in [0.1, 0.15) is 0 Å². The van der Waals surface area contributed by atoms with E-state index in [-0.39, 0.29) is 4.90 Å². The van der Waals surface area contributed by atoms with Crippen molar-refractivity contribution < 1.29 is 8.42 Å². The van der Waals surface area contributed by atoms with Gasteiger partial charge < -0.3 is 0 Å². The maximum absolute atomic E-state index is 12.5. The summed E-state index contributed by atoms with van der Waals surface area (Å²) in [7, 11) is -3.61. The molecule has 4 nitrogen and oxygen atoms in total. The Labute approximate surface area is 127 Å². The van der Waals surface area contributed by atoms with Crippen LogP contribution in [0.25, 0.3) is 10.2 Å². The number of hydrogen-bond donors (Lipinski definition) is 1. The van der Waals surface area contributed by atoms with Gasteiger partial charge in [-0.1, -0.05) is 41.2 Å². The Morgan fingerprint density at radius 1 is 1.10 bits per heavy atom. The number of aromatic nitrogens is 1. The second-order valence-corrected chi connectivity index (χ2v) is 7.54. The van der Waals surface area contributed by atoms with Crippen LogP contribution in [0.1, 0.15) is 11.1 Å². The number of aryl methyl sites for hydroxylation is 2. The van der Waals surface area contributed by atoms with Crippen molar-refractivity contribution in [1.82, 2.24) is 4.98 Å². The van der Waals surface area contributed by atoms with E-state index in [1.165, 1.54) is 11.3 Å². The summed E-state index contributed by atoms with van der Waals surface area (Å²) in [5.41, 5.74) is 2.55. The lowest BCUT2D eigenvalue weighted by Gasteiger charge is -2.08. The normalized spacial score (nSPS) is 11.7. The highest BCUT2D eigenvalue weighted by molar-refractivity contribution is 7.93. The lowest BCUT2D eigenvalue weighted by molar-refractivity contribution is 0.600. The maximum Gasteiger partial charge on any atom is 0.263 e. The molecule has 108 valence electrons. The summed E-state index contributed by atoms with van der Waals surface area (Å²) in [5.74, 6) is 0. The molecular weight excluding hydrogens is 304 g/mol. The van der Waals surface area contributed by atoms with E-state index in [2.05, 4.69) is 9.71 Å². The Balaban J connectivity index is 1.99. The Morgan fingerprint density at radius 2 is 1.86 bits per heavy atom. The average molecular weight is 318 g/mol. The van der Waals surface area contributed by atoms with Crippen molar-refractivity contribution in [2.75, 3.05) is 4.72 Å². The van der Waals surface area contributed by atoms with Crippen molar-refractivity contribution in [3.63, 3.8) is 0 Å². The smallest absolute Gasteiger partial charge is 0.255 e. The van der Waals surface area contributed by atoms with Crippen molar-refractivity contribution in [3.05, 3.63) is 53.6 Å². The van der Waals surface area contributed by atoms with E-state index < -0.39 is 10.0 Å². The second-order valence-electron chi connectivity index (χ2n) is 4.86. The molecule has 21 heavy (non-hydrogen) atoms. The molecule has 1 heterocycles. The van der Waals surface area contributed by atoms with Crippen LogP contribution in [-0.2, 0) is 10.0 Å². The molecule has 0 unspecified atom stereocenters. The minimum absolute atomic E-state index is 0.285. The van der Waals surface area contributed by atoms with Gasteiger partial charge in [0.05, 0.1) is 15.1 Å². The number of para-hydroxylation sites is 1. The zero-order chi connectivity index (χ0) is 15.0. The van der Waals surface area contributed by atoms with Gasteiger partial charge in [-0.3, -0.25) is 4.72 Å². The Bertz CT molecular complexity index is 881. The second kappa shape index (κ2) is 5.13.